The molecule has 0 radical (unpaired) electrons. The van der Waals surface area contributed by atoms with Crippen LogP contribution in [0.15, 0.2) is 35.5 Å². The lowest BCUT2D eigenvalue weighted by atomic mass is 10.3. The van der Waals surface area contributed by atoms with Crippen LogP contribution in [-0.2, 0) is 16.6 Å². The molecule has 8 heteroatoms. The number of halogens is 1. The Morgan fingerprint density at radius 2 is 2.20 bits per heavy atom. The van der Waals surface area contributed by atoms with Crippen LogP contribution in [0.25, 0.3) is 0 Å². The average Bonchev–Trinajstić information content (AvgIpc) is 2.85. The van der Waals surface area contributed by atoms with Crippen LogP contribution in [0.4, 0.5) is 5.69 Å². The van der Waals surface area contributed by atoms with Gasteiger partial charge in [-0.15, -0.1) is 0 Å². The molecule has 0 amide bonds. The van der Waals surface area contributed by atoms with E-state index >= 15 is 0 Å². The third kappa shape index (κ3) is 3.70. The molecular formula is C12H15IN4O2S. The number of nitrogens with zero attached hydrogens (tertiary/aromatic N) is 1. The van der Waals surface area contributed by atoms with E-state index in [0.29, 0.717) is 17.8 Å². The van der Waals surface area contributed by atoms with Gasteiger partial charge in [0.25, 0.3) is 10.0 Å². The van der Waals surface area contributed by atoms with Gasteiger partial charge in [-0.2, -0.15) is 13.5 Å². The molecule has 3 N–H and O–H groups in total. The fraction of sp³-hybridized carbons (Fsp3) is 0.250. The number of aromatic nitrogens is 2. The van der Waals surface area contributed by atoms with Crippen molar-refractivity contribution >= 4 is 38.3 Å². The summed E-state index contributed by atoms with van der Waals surface area (Å²) in [5.74, 6) is 0. The van der Waals surface area contributed by atoms with Gasteiger partial charge in [0.2, 0.25) is 0 Å². The molecule has 1 aromatic carbocycles. The third-order valence-electron chi connectivity index (χ3n) is 2.59. The van der Waals surface area contributed by atoms with Gasteiger partial charge in [0, 0.05) is 21.4 Å². The molecule has 108 valence electrons. The number of hydrogen-bond acceptors (Lipinski definition) is 4. The first-order valence-corrected chi connectivity index (χ1v) is 8.60. The summed E-state index contributed by atoms with van der Waals surface area (Å²) in [7, 11) is -3.66. The van der Waals surface area contributed by atoms with Crippen molar-refractivity contribution < 1.29 is 8.42 Å². The molecule has 0 aliphatic carbocycles. The van der Waals surface area contributed by atoms with Crippen LogP contribution in [0.5, 0.6) is 0 Å². The van der Waals surface area contributed by atoms with E-state index in [-0.39, 0.29) is 5.03 Å². The summed E-state index contributed by atoms with van der Waals surface area (Å²) in [6, 6.07) is 7.16. The summed E-state index contributed by atoms with van der Waals surface area (Å²) >= 11 is 2.13. The second kappa shape index (κ2) is 6.55. The van der Waals surface area contributed by atoms with Crippen molar-refractivity contribution in [2.75, 3.05) is 11.3 Å². The van der Waals surface area contributed by atoms with E-state index in [1.165, 1.54) is 6.20 Å². The van der Waals surface area contributed by atoms with E-state index in [2.05, 4.69) is 42.8 Å². The second-order valence-electron chi connectivity index (χ2n) is 4.12. The summed E-state index contributed by atoms with van der Waals surface area (Å²) in [6.45, 7) is 3.17. The molecule has 0 saturated heterocycles. The quantitative estimate of drug-likeness (QED) is 0.640. The number of rotatable bonds is 6. The number of sulfonamides is 1. The Morgan fingerprint density at radius 3 is 2.90 bits per heavy atom. The number of anilines is 1. The van der Waals surface area contributed by atoms with E-state index in [9.17, 15) is 8.42 Å². The number of hydrogen-bond donors (Lipinski definition) is 3. The standard InChI is InChI=1S/C12H15IN4O2S/c1-2-14-7-9-8-15-16-12(9)20(18,19)17-11-5-3-4-10(13)6-11/h3-6,8,14,17H,2,7H2,1H3,(H,15,16). The lowest BCUT2D eigenvalue weighted by molar-refractivity contribution is 0.594. The van der Waals surface area contributed by atoms with Gasteiger partial charge in [-0.25, -0.2) is 0 Å². The minimum absolute atomic E-state index is 0.0947. The van der Waals surface area contributed by atoms with Crippen molar-refractivity contribution in [3.05, 3.63) is 39.6 Å². The van der Waals surface area contributed by atoms with Gasteiger partial charge in [0.15, 0.2) is 5.03 Å². The minimum atomic E-state index is -3.66. The Balaban J connectivity index is 2.24. The van der Waals surface area contributed by atoms with Crippen molar-refractivity contribution in [2.45, 2.75) is 18.5 Å². The smallest absolute Gasteiger partial charge is 0.279 e. The minimum Gasteiger partial charge on any atom is -0.313 e. The number of nitrogens with one attached hydrogen (secondary N) is 3. The van der Waals surface area contributed by atoms with Crippen molar-refractivity contribution in [3.63, 3.8) is 0 Å². The van der Waals surface area contributed by atoms with E-state index < -0.39 is 10.0 Å². The molecule has 1 aromatic heterocycles. The molecule has 0 unspecified atom stereocenters. The Bertz CT molecular complexity index is 684. The topological polar surface area (TPSA) is 86.9 Å². The zero-order valence-corrected chi connectivity index (χ0v) is 13.8. The summed E-state index contributed by atoms with van der Waals surface area (Å²) < 4.78 is 28.2. The van der Waals surface area contributed by atoms with Crippen molar-refractivity contribution in [1.82, 2.24) is 15.5 Å². The van der Waals surface area contributed by atoms with E-state index in [4.69, 9.17) is 0 Å². The molecule has 0 aliphatic heterocycles. The van der Waals surface area contributed by atoms with Crippen molar-refractivity contribution in [1.29, 1.82) is 0 Å². The molecule has 0 saturated carbocycles. The predicted molar refractivity (Wildman–Crippen MR) is 85.9 cm³/mol. The highest BCUT2D eigenvalue weighted by molar-refractivity contribution is 14.1. The summed E-state index contributed by atoms with van der Waals surface area (Å²) in [6.07, 6.45) is 1.52. The van der Waals surface area contributed by atoms with Crippen LogP contribution in [0, 0.1) is 3.57 Å². The molecular weight excluding hydrogens is 391 g/mol. The van der Waals surface area contributed by atoms with E-state index in [1.54, 1.807) is 18.2 Å². The largest absolute Gasteiger partial charge is 0.313 e. The Hall–Kier alpha value is -1.13. The highest BCUT2D eigenvalue weighted by atomic mass is 127. The normalized spacial score (nSPS) is 11.5. The first kappa shape index (κ1) is 15.3. The summed E-state index contributed by atoms with van der Waals surface area (Å²) in [4.78, 5) is 0. The molecule has 2 rings (SSSR count). The fourth-order valence-corrected chi connectivity index (χ4v) is 3.40. The van der Waals surface area contributed by atoms with Gasteiger partial charge in [-0.1, -0.05) is 13.0 Å². The van der Waals surface area contributed by atoms with E-state index in [0.717, 1.165) is 10.1 Å². The molecule has 0 aliphatic rings. The number of H-pyrrole nitrogens is 1. The lowest BCUT2D eigenvalue weighted by Gasteiger charge is -2.08. The molecule has 0 fully saturated rings. The van der Waals surface area contributed by atoms with Crippen LogP contribution in [0.1, 0.15) is 12.5 Å². The fourth-order valence-electron chi connectivity index (χ4n) is 1.68. The molecule has 6 nitrogen and oxygen atoms in total. The number of aromatic amines is 1. The van der Waals surface area contributed by atoms with E-state index in [1.807, 2.05) is 13.0 Å². The first-order chi connectivity index (χ1) is 9.53. The SMILES string of the molecule is CCNCc1cn[nH]c1S(=O)(=O)Nc1cccc(I)c1. The van der Waals surface area contributed by atoms with Crippen molar-refractivity contribution in [2.24, 2.45) is 0 Å². The Kier molecular flexibility index (Phi) is 5.00. The third-order valence-corrected chi connectivity index (χ3v) is 4.66. The molecule has 20 heavy (non-hydrogen) atoms. The monoisotopic (exact) mass is 406 g/mol. The van der Waals surface area contributed by atoms with Crippen LogP contribution >= 0.6 is 22.6 Å². The van der Waals surface area contributed by atoms with Gasteiger partial charge >= 0.3 is 0 Å². The summed E-state index contributed by atoms with van der Waals surface area (Å²) in [5.41, 5.74) is 1.14. The maximum atomic E-state index is 12.3. The molecule has 0 spiro atoms. The first-order valence-electron chi connectivity index (χ1n) is 6.04. The maximum absolute atomic E-state index is 12.3. The predicted octanol–water partition coefficient (Wildman–Crippen LogP) is 1.92. The lowest BCUT2D eigenvalue weighted by Crippen LogP contribution is -2.18. The second-order valence-corrected chi connectivity index (χ2v) is 6.99. The maximum Gasteiger partial charge on any atom is 0.279 e. The van der Waals surface area contributed by atoms with Crippen LogP contribution in [-0.4, -0.2) is 25.2 Å². The summed E-state index contributed by atoms with van der Waals surface area (Å²) in [5, 5.41) is 9.54. The van der Waals surface area contributed by atoms with Gasteiger partial charge < -0.3 is 5.32 Å². The highest BCUT2D eigenvalue weighted by Gasteiger charge is 2.20. The number of benzene rings is 1. The molecule has 0 atom stereocenters. The zero-order valence-electron chi connectivity index (χ0n) is 10.9. The molecule has 0 bridgehead atoms. The molecule has 1 heterocycles. The highest BCUT2D eigenvalue weighted by Crippen LogP contribution is 2.19. The van der Waals surface area contributed by atoms with Crippen LogP contribution < -0.4 is 10.0 Å². The average molecular weight is 406 g/mol. The van der Waals surface area contributed by atoms with Gasteiger partial charge in [-0.05, 0) is 47.3 Å². The Morgan fingerprint density at radius 1 is 1.40 bits per heavy atom. The van der Waals surface area contributed by atoms with Gasteiger partial charge in [0.1, 0.15) is 0 Å². The zero-order chi connectivity index (χ0) is 14.6. The van der Waals surface area contributed by atoms with Gasteiger partial charge in [-0.3, -0.25) is 9.82 Å². The Labute approximate surface area is 131 Å². The van der Waals surface area contributed by atoms with Gasteiger partial charge in [0.05, 0.1) is 6.20 Å². The van der Waals surface area contributed by atoms with Crippen LogP contribution in [0.3, 0.4) is 0 Å². The van der Waals surface area contributed by atoms with Crippen LogP contribution in [0.2, 0.25) is 0 Å². The molecule has 2 aromatic rings. The van der Waals surface area contributed by atoms with Crippen molar-refractivity contribution in [3.8, 4) is 0 Å².